The predicted molar refractivity (Wildman–Crippen MR) is 98.6 cm³/mol. The van der Waals surface area contributed by atoms with Gasteiger partial charge in [0.15, 0.2) is 0 Å². The van der Waals surface area contributed by atoms with Crippen molar-refractivity contribution in [3.8, 4) is 6.07 Å². The van der Waals surface area contributed by atoms with Gasteiger partial charge in [-0.1, -0.05) is 29.8 Å². The molecular weight excluding hydrogens is 346 g/mol. The summed E-state index contributed by atoms with van der Waals surface area (Å²) in [6.07, 6.45) is 0. The lowest BCUT2D eigenvalue weighted by molar-refractivity contribution is -0.119. The monoisotopic (exact) mass is 365 g/mol. The number of nitrogens with one attached hydrogen (secondary N) is 2. The van der Waals surface area contributed by atoms with Gasteiger partial charge in [-0.15, -0.1) is 0 Å². The molecule has 2 N–H and O–H groups in total. The fourth-order valence-electron chi connectivity index (χ4n) is 3.56. The highest BCUT2D eigenvalue weighted by Gasteiger charge is 2.40. The number of rotatable bonds is 2. The molecule has 4 rings (SSSR count). The molecule has 3 heterocycles. The first-order valence-corrected chi connectivity index (χ1v) is 8.82. The number of ether oxygens (including phenoxy) is 1. The maximum Gasteiger partial charge on any atom is 0.258 e. The molecule has 1 saturated heterocycles. The molecule has 0 bridgehead atoms. The molecule has 2 aromatic rings. The second kappa shape index (κ2) is 6.85. The molecule has 2 aliphatic heterocycles. The van der Waals surface area contributed by atoms with E-state index in [1.165, 1.54) is 0 Å². The highest BCUT2D eigenvalue weighted by atomic mass is 16.5. The standard InChI is InChI=1S/C19H19N5O3/c1-11-2-4-12(5-3-11)14-13(10-20)17(25)21-16-15(14)18(26)23-19(22-16)24-6-8-27-9-7-24/h2-5,13-14H,6-9H2,1H3,(H2,21,22,23,25,26)/t13-,14-/m0/s1. The van der Waals surface area contributed by atoms with Crippen molar-refractivity contribution in [2.75, 3.05) is 36.5 Å². The third kappa shape index (κ3) is 3.06. The molecule has 0 spiro atoms. The molecule has 0 aliphatic carbocycles. The minimum atomic E-state index is -0.989. The van der Waals surface area contributed by atoms with Crippen LogP contribution in [-0.2, 0) is 9.53 Å². The highest BCUT2D eigenvalue weighted by molar-refractivity contribution is 5.97. The van der Waals surface area contributed by atoms with Crippen LogP contribution in [0.1, 0.15) is 22.6 Å². The molecule has 2 aliphatic rings. The Labute approximate surface area is 155 Å². The van der Waals surface area contributed by atoms with Crippen LogP contribution in [0.2, 0.25) is 0 Å². The summed E-state index contributed by atoms with van der Waals surface area (Å²) < 4.78 is 5.33. The number of aromatic nitrogens is 2. The average Bonchev–Trinajstić information content (AvgIpc) is 2.68. The molecule has 1 amide bonds. The summed E-state index contributed by atoms with van der Waals surface area (Å²) in [5.41, 5.74) is 1.78. The molecule has 0 radical (unpaired) electrons. The van der Waals surface area contributed by atoms with Crippen LogP contribution in [-0.4, -0.2) is 42.2 Å². The second-order valence-corrected chi connectivity index (χ2v) is 6.74. The van der Waals surface area contributed by atoms with Gasteiger partial charge in [-0.3, -0.25) is 14.6 Å². The number of benzene rings is 1. The van der Waals surface area contributed by atoms with Crippen LogP contribution in [0.3, 0.4) is 0 Å². The fourth-order valence-corrected chi connectivity index (χ4v) is 3.56. The molecule has 1 aromatic carbocycles. The van der Waals surface area contributed by atoms with E-state index < -0.39 is 17.7 Å². The Hall–Kier alpha value is -3.18. The number of H-pyrrole nitrogens is 1. The van der Waals surface area contributed by atoms with Crippen molar-refractivity contribution in [1.82, 2.24) is 9.97 Å². The molecular formula is C19H19N5O3. The first-order chi connectivity index (χ1) is 13.1. The molecule has 8 nitrogen and oxygen atoms in total. The largest absolute Gasteiger partial charge is 0.378 e. The van der Waals surface area contributed by atoms with Gasteiger partial charge in [0.05, 0.1) is 24.8 Å². The summed E-state index contributed by atoms with van der Waals surface area (Å²) >= 11 is 0. The van der Waals surface area contributed by atoms with E-state index in [-0.39, 0.29) is 11.4 Å². The number of fused-ring (bicyclic) bond motifs is 1. The Bertz CT molecular complexity index is 970. The average molecular weight is 365 g/mol. The highest BCUT2D eigenvalue weighted by Crippen LogP contribution is 2.38. The maximum atomic E-state index is 12.9. The number of anilines is 2. The van der Waals surface area contributed by atoms with E-state index in [0.29, 0.717) is 37.8 Å². The van der Waals surface area contributed by atoms with E-state index in [9.17, 15) is 14.9 Å². The third-order valence-corrected chi connectivity index (χ3v) is 5.00. The van der Waals surface area contributed by atoms with Gasteiger partial charge in [-0.2, -0.15) is 10.2 Å². The van der Waals surface area contributed by atoms with Gasteiger partial charge in [0.25, 0.3) is 5.56 Å². The van der Waals surface area contributed by atoms with Crippen molar-refractivity contribution in [3.05, 3.63) is 51.3 Å². The Kier molecular flexibility index (Phi) is 4.38. The predicted octanol–water partition coefficient (Wildman–Crippen LogP) is 1.14. The molecule has 138 valence electrons. The van der Waals surface area contributed by atoms with Gasteiger partial charge in [-0.05, 0) is 12.5 Å². The van der Waals surface area contributed by atoms with Crippen molar-refractivity contribution < 1.29 is 9.53 Å². The molecule has 8 heteroatoms. The zero-order valence-corrected chi connectivity index (χ0v) is 14.9. The molecule has 2 atom stereocenters. The summed E-state index contributed by atoms with van der Waals surface area (Å²) in [6.45, 7) is 4.27. The number of aromatic amines is 1. The van der Waals surface area contributed by atoms with E-state index in [0.717, 1.165) is 11.1 Å². The number of carbonyl (C=O) groups is 1. The van der Waals surface area contributed by atoms with E-state index in [1.807, 2.05) is 42.2 Å². The van der Waals surface area contributed by atoms with Gasteiger partial charge in [0.2, 0.25) is 11.9 Å². The van der Waals surface area contributed by atoms with Crippen molar-refractivity contribution in [1.29, 1.82) is 5.26 Å². The Morgan fingerprint density at radius 2 is 1.93 bits per heavy atom. The molecule has 1 aromatic heterocycles. The quantitative estimate of drug-likeness (QED) is 0.826. The van der Waals surface area contributed by atoms with E-state index >= 15 is 0 Å². The van der Waals surface area contributed by atoms with E-state index in [4.69, 9.17) is 4.74 Å². The normalized spacial score (nSPS) is 21.9. The van der Waals surface area contributed by atoms with Crippen LogP contribution in [0, 0.1) is 24.2 Å². The van der Waals surface area contributed by atoms with Gasteiger partial charge < -0.3 is 15.0 Å². The van der Waals surface area contributed by atoms with Crippen LogP contribution < -0.4 is 15.8 Å². The summed E-state index contributed by atoms with van der Waals surface area (Å²) in [6, 6.07) is 9.55. The van der Waals surface area contributed by atoms with Gasteiger partial charge in [0.1, 0.15) is 11.7 Å². The van der Waals surface area contributed by atoms with Gasteiger partial charge in [-0.25, -0.2) is 0 Å². The Morgan fingerprint density at radius 1 is 1.22 bits per heavy atom. The summed E-state index contributed by atoms with van der Waals surface area (Å²) in [4.78, 5) is 34.7. The SMILES string of the molecule is Cc1ccc([C@@H]2c3c(nc(N4CCOCC4)[nH]c3=O)NC(=O)[C@H]2C#N)cc1. The lowest BCUT2D eigenvalue weighted by atomic mass is 9.79. The van der Waals surface area contributed by atoms with Crippen molar-refractivity contribution >= 4 is 17.7 Å². The van der Waals surface area contributed by atoms with Crippen LogP contribution in [0.25, 0.3) is 0 Å². The van der Waals surface area contributed by atoms with Gasteiger partial charge in [0, 0.05) is 19.0 Å². The number of aryl methyl sites for hydroxylation is 1. The van der Waals surface area contributed by atoms with E-state index in [1.54, 1.807) is 0 Å². The minimum absolute atomic E-state index is 0.224. The Morgan fingerprint density at radius 3 is 2.59 bits per heavy atom. The number of hydrogen-bond acceptors (Lipinski definition) is 6. The number of carbonyl (C=O) groups excluding carboxylic acids is 1. The zero-order chi connectivity index (χ0) is 19.0. The van der Waals surface area contributed by atoms with Crippen LogP contribution in [0.4, 0.5) is 11.8 Å². The third-order valence-electron chi connectivity index (χ3n) is 5.00. The number of hydrogen-bond donors (Lipinski definition) is 2. The van der Waals surface area contributed by atoms with Gasteiger partial charge >= 0.3 is 0 Å². The first-order valence-electron chi connectivity index (χ1n) is 8.82. The molecule has 0 unspecified atom stereocenters. The van der Waals surface area contributed by atoms with Crippen molar-refractivity contribution in [3.63, 3.8) is 0 Å². The van der Waals surface area contributed by atoms with Crippen LogP contribution in [0.15, 0.2) is 29.1 Å². The number of nitrogens with zero attached hydrogens (tertiary/aromatic N) is 3. The number of morpholine rings is 1. The Balaban J connectivity index is 1.84. The molecule has 1 fully saturated rings. The lowest BCUT2D eigenvalue weighted by Gasteiger charge is -2.31. The van der Waals surface area contributed by atoms with Crippen LogP contribution >= 0.6 is 0 Å². The summed E-state index contributed by atoms with van der Waals surface area (Å²) in [7, 11) is 0. The fraction of sp³-hybridized carbons (Fsp3) is 0.368. The van der Waals surface area contributed by atoms with E-state index in [2.05, 4.69) is 15.3 Å². The topological polar surface area (TPSA) is 111 Å². The maximum absolute atomic E-state index is 12.9. The van der Waals surface area contributed by atoms with Crippen LogP contribution in [0.5, 0.6) is 0 Å². The smallest absolute Gasteiger partial charge is 0.258 e. The summed E-state index contributed by atoms with van der Waals surface area (Å²) in [5, 5.41) is 12.2. The molecule has 27 heavy (non-hydrogen) atoms. The lowest BCUT2D eigenvalue weighted by Crippen LogP contribution is -2.41. The molecule has 0 saturated carbocycles. The van der Waals surface area contributed by atoms with Crippen molar-refractivity contribution in [2.24, 2.45) is 5.92 Å². The first kappa shape index (κ1) is 17.2. The van der Waals surface area contributed by atoms with Crippen molar-refractivity contribution in [2.45, 2.75) is 12.8 Å². The summed E-state index contributed by atoms with van der Waals surface area (Å²) in [5.74, 6) is -1.46. The number of nitriles is 1. The number of amides is 1. The minimum Gasteiger partial charge on any atom is -0.378 e. The zero-order valence-electron chi connectivity index (χ0n) is 14.9. The second-order valence-electron chi connectivity index (χ2n) is 6.74.